The maximum atomic E-state index is 12.6. The highest BCUT2D eigenvalue weighted by Gasteiger charge is 2.64. The number of carbonyl (C=O) groups is 2. The summed E-state index contributed by atoms with van der Waals surface area (Å²) in [6, 6.07) is 5.11. The highest BCUT2D eigenvalue weighted by Crippen LogP contribution is 2.51. The van der Waals surface area contributed by atoms with Gasteiger partial charge < -0.3 is 20.1 Å². The second kappa shape index (κ2) is 7.19. The number of carboxylic acids is 1. The number of thioether (sulfide) groups is 1. The Balaban J connectivity index is 1.54. The number of ether oxygens (including phenoxy) is 1. The van der Waals surface area contributed by atoms with E-state index in [-0.39, 0.29) is 28.5 Å². The lowest BCUT2D eigenvalue weighted by atomic mass is 9.96. The molecule has 0 aliphatic carbocycles. The SMILES string of the molecule is CC1(C)S[C@@H]2[C@H](Nc3nc(Cl)nc(Oc4ccccc4Cl)n3)C(=O)N2[C@H]1C(=O)O. The zero-order valence-corrected chi connectivity index (χ0v) is 17.5. The summed E-state index contributed by atoms with van der Waals surface area (Å²) >= 11 is 13.4. The van der Waals surface area contributed by atoms with Crippen LogP contribution in [0.15, 0.2) is 24.3 Å². The van der Waals surface area contributed by atoms with Crippen LogP contribution in [0.4, 0.5) is 5.95 Å². The van der Waals surface area contributed by atoms with Crippen LogP contribution in [0.1, 0.15) is 13.8 Å². The van der Waals surface area contributed by atoms with Crippen molar-refractivity contribution in [1.29, 1.82) is 0 Å². The monoisotopic (exact) mass is 455 g/mol. The summed E-state index contributed by atoms with van der Waals surface area (Å²) < 4.78 is 4.93. The molecule has 1 aromatic carbocycles. The number of aliphatic carboxylic acids is 1. The number of para-hydroxylation sites is 1. The number of halogens is 2. The van der Waals surface area contributed by atoms with Crippen molar-refractivity contribution >= 4 is 52.8 Å². The number of fused-ring (bicyclic) bond motifs is 1. The van der Waals surface area contributed by atoms with Gasteiger partial charge in [0.2, 0.25) is 17.1 Å². The Morgan fingerprint density at radius 2 is 2.00 bits per heavy atom. The van der Waals surface area contributed by atoms with E-state index in [1.54, 1.807) is 38.1 Å². The summed E-state index contributed by atoms with van der Waals surface area (Å²) in [6.45, 7) is 3.60. The Kier molecular flexibility index (Phi) is 4.96. The second-order valence-corrected chi connectivity index (χ2v) is 9.48. The zero-order chi connectivity index (χ0) is 20.9. The van der Waals surface area contributed by atoms with Gasteiger partial charge in [-0.2, -0.15) is 15.0 Å². The Morgan fingerprint density at radius 3 is 2.69 bits per heavy atom. The van der Waals surface area contributed by atoms with Gasteiger partial charge in [0.1, 0.15) is 23.2 Å². The van der Waals surface area contributed by atoms with Gasteiger partial charge in [0.25, 0.3) is 0 Å². The van der Waals surface area contributed by atoms with Crippen LogP contribution in [0.2, 0.25) is 10.3 Å². The zero-order valence-electron chi connectivity index (χ0n) is 15.2. The average Bonchev–Trinajstić information content (AvgIpc) is 2.89. The molecule has 1 amide bonds. The molecule has 2 aliphatic rings. The molecule has 152 valence electrons. The lowest BCUT2D eigenvalue weighted by molar-refractivity contribution is -0.158. The summed E-state index contributed by atoms with van der Waals surface area (Å²) in [6.07, 6.45) is 0. The van der Waals surface area contributed by atoms with E-state index in [0.717, 1.165) is 0 Å². The van der Waals surface area contributed by atoms with Crippen LogP contribution in [0, 0.1) is 0 Å². The van der Waals surface area contributed by atoms with Gasteiger partial charge in [-0.15, -0.1) is 11.8 Å². The first-order valence-electron chi connectivity index (χ1n) is 8.50. The number of nitrogens with zero attached hydrogens (tertiary/aromatic N) is 4. The van der Waals surface area contributed by atoms with E-state index < -0.39 is 22.8 Å². The molecule has 9 nitrogen and oxygen atoms in total. The molecule has 4 rings (SSSR count). The molecule has 2 fully saturated rings. The van der Waals surface area contributed by atoms with Gasteiger partial charge in [-0.05, 0) is 37.6 Å². The van der Waals surface area contributed by atoms with Crippen molar-refractivity contribution in [3.63, 3.8) is 0 Å². The first kappa shape index (κ1) is 20.0. The third-order valence-electron chi connectivity index (χ3n) is 4.59. The predicted molar refractivity (Wildman–Crippen MR) is 108 cm³/mol. The van der Waals surface area contributed by atoms with Gasteiger partial charge in [-0.3, -0.25) is 4.79 Å². The van der Waals surface area contributed by atoms with E-state index in [9.17, 15) is 14.7 Å². The molecule has 0 bridgehead atoms. The molecule has 3 atom stereocenters. The van der Waals surface area contributed by atoms with E-state index in [1.807, 2.05) is 0 Å². The van der Waals surface area contributed by atoms with Crippen LogP contribution in [-0.4, -0.2) is 59.0 Å². The van der Waals surface area contributed by atoms with Crippen molar-refractivity contribution < 1.29 is 19.4 Å². The molecule has 3 heterocycles. The third-order valence-corrected chi connectivity index (χ3v) is 6.64. The quantitative estimate of drug-likeness (QED) is 0.655. The second-order valence-electron chi connectivity index (χ2n) is 6.96. The van der Waals surface area contributed by atoms with E-state index in [0.29, 0.717) is 10.8 Å². The maximum Gasteiger partial charge on any atom is 0.328 e. The molecule has 2 aliphatic heterocycles. The van der Waals surface area contributed by atoms with Crippen LogP contribution in [0.3, 0.4) is 0 Å². The van der Waals surface area contributed by atoms with E-state index in [1.165, 1.54) is 16.7 Å². The van der Waals surface area contributed by atoms with Crippen molar-refractivity contribution in [2.45, 2.75) is 36.1 Å². The largest absolute Gasteiger partial charge is 0.480 e. The van der Waals surface area contributed by atoms with Crippen LogP contribution < -0.4 is 10.1 Å². The average molecular weight is 456 g/mol. The minimum atomic E-state index is -1.03. The summed E-state index contributed by atoms with van der Waals surface area (Å²) in [5, 5.41) is 12.3. The summed E-state index contributed by atoms with van der Waals surface area (Å²) in [5.41, 5.74) is 0. The molecular weight excluding hydrogens is 441 g/mol. The number of benzene rings is 1. The molecule has 0 spiro atoms. The smallest absolute Gasteiger partial charge is 0.328 e. The molecule has 2 aromatic rings. The summed E-state index contributed by atoms with van der Waals surface area (Å²) in [7, 11) is 0. The first-order valence-corrected chi connectivity index (χ1v) is 10.1. The fraction of sp³-hybridized carbons (Fsp3) is 0.353. The van der Waals surface area contributed by atoms with Crippen molar-refractivity contribution in [2.75, 3.05) is 5.32 Å². The Morgan fingerprint density at radius 1 is 1.28 bits per heavy atom. The van der Waals surface area contributed by atoms with Crippen LogP contribution >= 0.6 is 35.0 Å². The number of carbonyl (C=O) groups excluding carboxylic acids is 1. The number of nitrogens with one attached hydrogen (secondary N) is 1. The minimum absolute atomic E-state index is 0.0437. The number of amides is 1. The number of rotatable bonds is 5. The van der Waals surface area contributed by atoms with E-state index in [2.05, 4.69) is 20.3 Å². The molecule has 2 saturated heterocycles. The van der Waals surface area contributed by atoms with Crippen molar-refractivity contribution in [3.8, 4) is 11.8 Å². The van der Waals surface area contributed by atoms with Crippen molar-refractivity contribution in [3.05, 3.63) is 34.6 Å². The van der Waals surface area contributed by atoms with Crippen molar-refractivity contribution in [2.24, 2.45) is 0 Å². The number of aromatic nitrogens is 3. The number of hydrogen-bond acceptors (Lipinski definition) is 8. The Hall–Kier alpha value is -2.30. The molecule has 0 saturated carbocycles. The Bertz CT molecular complexity index is 1010. The standard InChI is InChI=1S/C17H15Cl2N5O4S/c1-17(2)10(13(26)27)24-11(25)9(12(24)29-17)20-15-21-14(19)22-16(23-15)28-8-6-4-3-5-7(8)18/h3-6,9-10,12H,1-2H3,(H,26,27)(H,20,21,22,23)/t9-,10+,12-/m1/s1. The predicted octanol–water partition coefficient (Wildman–Crippen LogP) is 2.90. The van der Waals surface area contributed by atoms with Gasteiger partial charge in [-0.25, -0.2) is 4.79 Å². The molecular formula is C17H15Cl2N5O4S. The van der Waals surface area contributed by atoms with Gasteiger partial charge in [0.15, 0.2) is 0 Å². The lowest BCUT2D eigenvalue weighted by Gasteiger charge is -2.43. The number of carboxylic acid groups (broad SMARTS) is 1. The first-order chi connectivity index (χ1) is 13.7. The molecule has 29 heavy (non-hydrogen) atoms. The number of β-lactam (4-membered cyclic amide) rings is 1. The van der Waals surface area contributed by atoms with Crippen molar-refractivity contribution in [1.82, 2.24) is 19.9 Å². The number of anilines is 1. The van der Waals surface area contributed by atoms with Gasteiger partial charge in [0, 0.05) is 4.75 Å². The van der Waals surface area contributed by atoms with E-state index >= 15 is 0 Å². The third kappa shape index (κ3) is 3.56. The van der Waals surface area contributed by atoms with Crippen LogP contribution in [-0.2, 0) is 9.59 Å². The van der Waals surface area contributed by atoms with E-state index in [4.69, 9.17) is 27.9 Å². The maximum absolute atomic E-state index is 12.6. The molecule has 0 radical (unpaired) electrons. The van der Waals surface area contributed by atoms with Crippen LogP contribution in [0.5, 0.6) is 11.8 Å². The lowest BCUT2D eigenvalue weighted by Crippen LogP contribution is -2.68. The number of hydrogen-bond donors (Lipinski definition) is 2. The molecule has 12 heteroatoms. The Labute approximate surface area is 179 Å². The highest BCUT2D eigenvalue weighted by molar-refractivity contribution is 8.01. The van der Waals surface area contributed by atoms with Gasteiger partial charge in [-0.1, -0.05) is 23.7 Å². The minimum Gasteiger partial charge on any atom is -0.480 e. The van der Waals surface area contributed by atoms with Crippen LogP contribution in [0.25, 0.3) is 0 Å². The molecule has 1 aromatic heterocycles. The normalized spacial score (nSPS) is 24.6. The fourth-order valence-electron chi connectivity index (χ4n) is 3.35. The highest BCUT2D eigenvalue weighted by atomic mass is 35.5. The molecule has 2 N–H and O–H groups in total. The summed E-state index contributed by atoms with van der Waals surface area (Å²) in [4.78, 5) is 37.6. The van der Waals surface area contributed by atoms with Gasteiger partial charge >= 0.3 is 12.0 Å². The molecule has 0 unspecified atom stereocenters. The van der Waals surface area contributed by atoms with Gasteiger partial charge in [0.05, 0.1) is 5.02 Å². The summed E-state index contributed by atoms with van der Waals surface area (Å²) in [5.74, 6) is -0.992. The fourth-order valence-corrected chi connectivity index (χ4v) is 5.30. The topological polar surface area (TPSA) is 118 Å².